The first-order valence-corrected chi connectivity index (χ1v) is 6.68. The Morgan fingerprint density at radius 1 is 1.44 bits per heavy atom. The Balaban J connectivity index is 2.24. The molecule has 0 bridgehead atoms. The molecule has 0 amide bonds. The Morgan fingerprint density at radius 3 is 2.61 bits per heavy atom. The topological polar surface area (TPSA) is 68.0 Å². The van der Waals surface area contributed by atoms with E-state index in [4.69, 9.17) is 5.11 Å². The minimum absolute atomic E-state index is 0.128. The van der Waals surface area contributed by atoms with Crippen molar-refractivity contribution in [3.05, 3.63) is 11.4 Å². The number of carboxylic acid groups (broad SMARTS) is 1. The molecule has 1 saturated carbocycles. The van der Waals surface area contributed by atoms with Crippen LogP contribution in [-0.2, 0) is 6.42 Å². The van der Waals surface area contributed by atoms with Gasteiger partial charge in [0.05, 0.1) is 11.7 Å². The Morgan fingerprint density at radius 2 is 2.11 bits per heavy atom. The largest absolute Gasteiger partial charge is 0.476 e. The zero-order chi connectivity index (χ0) is 13.3. The smallest absolute Gasteiger partial charge is 0.358 e. The van der Waals surface area contributed by atoms with Crippen LogP contribution >= 0.6 is 0 Å². The summed E-state index contributed by atoms with van der Waals surface area (Å²) in [5, 5.41) is 17.1. The van der Waals surface area contributed by atoms with Crippen molar-refractivity contribution in [2.45, 2.75) is 52.5 Å². The molecule has 1 N–H and O–H groups in total. The summed E-state index contributed by atoms with van der Waals surface area (Å²) in [5.41, 5.74) is 0.916. The summed E-state index contributed by atoms with van der Waals surface area (Å²) in [4.78, 5) is 11.2. The summed E-state index contributed by atoms with van der Waals surface area (Å²) >= 11 is 0. The van der Waals surface area contributed by atoms with Crippen LogP contribution in [0.2, 0.25) is 0 Å². The highest BCUT2D eigenvalue weighted by atomic mass is 16.4. The molecule has 1 heterocycles. The van der Waals surface area contributed by atoms with Gasteiger partial charge in [0.25, 0.3) is 0 Å². The van der Waals surface area contributed by atoms with E-state index in [1.54, 1.807) is 0 Å². The molecule has 1 atom stereocenters. The summed E-state index contributed by atoms with van der Waals surface area (Å²) < 4.78 is 1.84. The summed E-state index contributed by atoms with van der Waals surface area (Å²) in [6.45, 7) is 6.38. The molecule has 1 fully saturated rings. The first-order valence-electron chi connectivity index (χ1n) is 6.68. The van der Waals surface area contributed by atoms with E-state index < -0.39 is 5.97 Å². The van der Waals surface area contributed by atoms with Crippen LogP contribution in [0.15, 0.2) is 0 Å². The van der Waals surface area contributed by atoms with E-state index in [9.17, 15) is 4.79 Å². The molecule has 5 heteroatoms. The van der Waals surface area contributed by atoms with E-state index in [2.05, 4.69) is 31.1 Å². The van der Waals surface area contributed by atoms with Crippen molar-refractivity contribution in [2.75, 3.05) is 0 Å². The predicted octanol–water partition coefficient (Wildman–Crippen LogP) is 2.54. The van der Waals surface area contributed by atoms with Gasteiger partial charge in [0.15, 0.2) is 5.69 Å². The maximum Gasteiger partial charge on any atom is 0.358 e. The molecular formula is C13H21N3O2. The third-order valence-electron chi connectivity index (χ3n) is 3.64. The summed E-state index contributed by atoms with van der Waals surface area (Å²) in [7, 11) is 0. The fourth-order valence-electron chi connectivity index (χ4n) is 2.24. The van der Waals surface area contributed by atoms with Crippen LogP contribution < -0.4 is 0 Å². The second kappa shape index (κ2) is 5.08. The van der Waals surface area contributed by atoms with E-state index in [0.29, 0.717) is 11.8 Å². The Hall–Kier alpha value is -1.39. The standard InChI is InChI=1S/C13H21N3O2/c1-8(2)4-7-11-12(13(17)18)14-15-16(11)9(3)10-5-6-10/h8-10H,4-7H2,1-3H3,(H,17,18). The van der Waals surface area contributed by atoms with E-state index in [-0.39, 0.29) is 11.7 Å². The molecule has 18 heavy (non-hydrogen) atoms. The van der Waals surface area contributed by atoms with Crippen LogP contribution in [0.25, 0.3) is 0 Å². The quantitative estimate of drug-likeness (QED) is 0.843. The van der Waals surface area contributed by atoms with Crippen molar-refractivity contribution in [3.63, 3.8) is 0 Å². The molecule has 100 valence electrons. The molecule has 1 aliphatic rings. The maximum atomic E-state index is 11.2. The van der Waals surface area contributed by atoms with Gasteiger partial charge in [0.1, 0.15) is 0 Å². The first-order chi connectivity index (χ1) is 8.50. The van der Waals surface area contributed by atoms with Crippen molar-refractivity contribution in [1.82, 2.24) is 15.0 Å². The van der Waals surface area contributed by atoms with E-state index in [0.717, 1.165) is 18.5 Å². The van der Waals surface area contributed by atoms with Gasteiger partial charge in [0, 0.05) is 0 Å². The van der Waals surface area contributed by atoms with Crippen LogP contribution in [0.1, 0.15) is 62.3 Å². The average Bonchev–Trinajstić information content (AvgIpc) is 3.04. The lowest BCUT2D eigenvalue weighted by Gasteiger charge is -2.14. The van der Waals surface area contributed by atoms with Gasteiger partial charge in [-0.3, -0.25) is 0 Å². The number of aromatic nitrogens is 3. The lowest BCUT2D eigenvalue weighted by Crippen LogP contribution is -2.14. The predicted molar refractivity (Wildman–Crippen MR) is 67.6 cm³/mol. The molecule has 0 spiro atoms. The minimum atomic E-state index is -0.969. The van der Waals surface area contributed by atoms with Crippen LogP contribution in [-0.4, -0.2) is 26.1 Å². The fraction of sp³-hybridized carbons (Fsp3) is 0.769. The van der Waals surface area contributed by atoms with Gasteiger partial charge in [-0.2, -0.15) is 0 Å². The lowest BCUT2D eigenvalue weighted by atomic mass is 10.0. The number of aromatic carboxylic acids is 1. The number of nitrogens with zero attached hydrogens (tertiary/aromatic N) is 3. The highest BCUT2D eigenvalue weighted by Gasteiger charge is 2.32. The van der Waals surface area contributed by atoms with Gasteiger partial charge < -0.3 is 5.11 Å². The first kappa shape index (κ1) is 13.1. The van der Waals surface area contributed by atoms with Crippen LogP contribution in [0.4, 0.5) is 0 Å². The fourth-order valence-corrected chi connectivity index (χ4v) is 2.24. The molecule has 1 unspecified atom stereocenters. The van der Waals surface area contributed by atoms with Crippen molar-refractivity contribution in [2.24, 2.45) is 11.8 Å². The van der Waals surface area contributed by atoms with Crippen molar-refractivity contribution >= 4 is 5.97 Å². The number of rotatable bonds is 6. The van der Waals surface area contributed by atoms with E-state index in [1.165, 1.54) is 12.8 Å². The summed E-state index contributed by atoms with van der Waals surface area (Å²) in [5.74, 6) is 0.223. The zero-order valence-electron chi connectivity index (χ0n) is 11.3. The molecule has 1 aromatic heterocycles. The molecule has 5 nitrogen and oxygen atoms in total. The maximum absolute atomic E-state index is 11.2. The second-order valence-corrected chi connectivity index (χ2v) is 5.65. The molecule has 0 radical (unpaired) electrons. The minimum Gasteiger partial charge on any atom is -0.476 e. The SMILES string of the molecule is CC(C)CCc1c(C(=O)O)nnn1C(C)C1CC1. The normalized spacial score (nSPS) is 17.1. The lowest BCUT2D eigenvalue weighted by molar-refractivity contribution is 0.0689. The Kier molecular flexibility index (Phi) is 3.68. The molecule has 0 aliphatic heterocycles. The van der Waals surface area contributed by atoms with Crippen LogP contribution in [0.5, 0.6) is 0 Å². The zero-order valence-corrected chi connectivity index (χ0v) is 11.3. The number of carbonyl (C=O) groups is 1. The van der Waals surface area contributed by atoms with Gasteiger partial charge in [-0.25, -0.2) is 9.48 Å². The van der Waals surface area contributed by atoms with Gasteiger partial charge in [0.2, 0.25) is 0 Å². The monoisotopic (exact) mass is 251 g/mol. The van der Waals surface area contributed by atoms with Gasteiger partial charge in [-0.15, -0.1) is 5.10 Å². The average molecular weight is 251 g/mol. The number of hydrogen-bond acceptors (Lipinski definition) is 3. The number of carboxylic acids is 1. The van der Waals surface area contributed by atoms with E-state index >= 15 is 0 Å². The van der Waals surface area contributed by atoms with Gasteiger partial charge in [-0.1, -0.05) is 19.1 Å². The number of hydrogen-bond donors (Lipinski definition) is 1. The highest BCUT2D eigenvalue weighted by molar-refractivity contribution is 5.86. The van der Waals surface area contributed by atoms with Crippen molar-refractivity contribution in [1.29, 1.82) is 0 Å². The molecule has 1 aromatic rings. The van der Waals surface area contributed by atoms with Crippen LogP contribution in [0, 0.1) is 11.8 Å². The van der Waals surface area contributed by atoms with Gasteiger partial charge >= 0.3 is 5.97 Å². The third kappa shape index (κ3) is 2.71. The second-order valence-electron chi connectivity index (χ2n) is 5.65. The van der Waals surface area contributed by atoms with E-state index in [1.807, 2.05) is 4.68 Å². The van der Waals surface area contributed by atoms with Crippen LogP contribution in [0.3, 0.4) is 0 Å². The van der Waals surface area contributed by atoms with Gasteiger partial charge in [-0.05, 0) is 44.4 Å². The highest BCUT2D eigenvalue weighted by Crippen LogP contribution is 2.39. The third-order valence-corrected chi connectivity index (χ3v) is 3.64. The van der Waals surface area contributed by atoms with Crippen molar-refractivity contribution in [3.8, 4) is 0 Å². The molecular weight excluding hydrogens is 230 g/mol. The molecule has 0 saturated heterocycles. The molecule has 2 rings (SSSR count). The summed E-state index contributed by atoms with van der Waals surface area (Å²) in [6, 6.07) is 0.271. The Bertz CT molecular complexity index is 435. The summed E-state index contributed by atoms with van der Waals surface area (Å²) in [6.07, 6.45) is 4.13. The molecule has 0 aromatic carbocycles. The molecule has 1 aliphatic carbocycles. The Labute approximate surface area is 107 Å². The van der Waals surface area contributed by atoms with Crippen molar-refractivity contribution < 1.29 is 9.90 Å².